The number of halogens is 2. The highest BCUT2D eigenvalue weighted by Crippen LogP contribution is 2.27. The van der Waals surface area contributed by atoms with Crippen LogP contribution in [0.5, 0.6) is 0 Å². The van der Waals surface area contributed by atoms with E-state index in [2.05, 4.69) is 4.99 Å². The van der Waals surface area contributed by atoms with Gasteiger partial charge in [-0.25, -0.2) is 9.38 Å². The first-order chi connectivity index (χ1) is 6.25. The minimum Gasteiger partial charge on any atom is -0.247 e. The number of benzene rings is 1. The van der Waals surface area contributed by atoms with E-state index in [-0.39, 0.29) is 5.02 Å². The molecule has 1 saturated heterocycles. The Hall–Kier alpha value is -0.540. The third-order valence-corrected chi connectivity index (χ3v) is 3.07. The van der Waals surface area contributed by atoms with E-state index in [0.29, 0.717) is 0 Å². The average molecular weight is 216 g/mol. The van der Waals surface area contributed by atoms with E-state index >= 15 is 0 Å². The number of hydrogen-bond acceptors (Lipinski definition) is 2. The lowest BCUT2D eigenvalue weighted by Gasteiger charge is -2.13. The van der Waals surface area contributed by atoms with Crippen molar-refractivity contribution in [2.45, 2.75) is 6.42 Å². The van der Waals surface area contributed by atoms with Gasteiger partial charge in [-0.3, -0.25) is 0 Å². The quantitative estimate of drug-likeness (QED) is 0.697. The molecule has 4 heteroatoms. The Kier molecular flexibility index (Phi) is 2.56. The summed E-state index contributed by atoms with van der Waals surface area (Å²) in [7, 11) is 0. The largest absolute Gasteiger partial charge is 0.247 e. The minimum atomic E-state index is -0.396. The zero-order valence-electron chi connectivity index (χ0n) is 6.76. The molecule has 1 aliphatic heterocycles. The Balaban J connectivity index is 2.26. The second kappa shape index (κ2) is 3.68. The number of hydrogen-bond donors (Lipinski definition) is 0. The van der Waals surface area contributed by atoms with E-state index < -0.39 is 5.82 Å². The summed E-state index contributed by atoms with van der Waals surface area (Å²) in [6.07, 6.45) is 1.03. The number of aliphatic imine (C=N–C) groups is 1. The molecule has 0 radical (unpaired) electrons. The van der Waals surface area contributed by atoms with Crippen LogP contribution in [0.15, 0.2) is 23.2 Å². The van der Waals surface area contributed by atoms with Crippen LogP contribution in [0.3, 0.4) is 0 Å². The minimum absolute atomic E-state index is 0.131. The van der Waals surface area contributed by atoms with Gasteiger partial charge in [0.25, 0.3) is 0 Å². The molecule has 2 rings (SSSR count). The van der Waals surface area contributed by atoms with Crippen molar-refractivity contribution in [2.75, 3.05) is 5.75 Å². The molecular weight excluding hydrogens is 209 g/mol. The Morgan fingerprint density at radius 1 is 1.46 bits per heavy atom. The van der Waals surface area contributed by atoms with Crippen molar-refractivity contribution >= 4 is 34.1 Å². The van der Waals surface area contributed by atoms with Gasteiger partial charge in [0.1, 0.15) is 5.82 Å². The fourth-order valence-corrected chi connectivity index (χ4v) is 1.71. The second-order valence-electron chi connectivity index (χ2n) is 2.70. The summed E-state index contributed by atoms with van der Waals surface area (Å²) in [5, 5.41) is 1.23. The SMILES string of the molecule is Fc1ccc(N=C2CCS2)cc1Cl. The molecule has 0 bridgehead atoms. The van der Waals surface area contributed by atoms with Crippen molar-refractivity contribution in [3.8, 4) is 0 Å². The van der Waals surface area contributed by atoms with Gasteiger partial charge in [-0.1, -0.05) is 11.6 Å². The summed E-state index contributed by atoms with van der Waals surface area (Å²) < 4.78 is 12.7. The van der Waals surface area contributed by atoms with Crippen LogP contribution in [0.4, 0.5) is 10.1 Å². The van der Waals surface area contributed by atoms with Crippen molar-refractivity contribution in [3.05, 3.63) is 29.0 Å². The molecule has 0 aromatic heterocycles. The van der Waals surface area contributed by atoms with E-state index in [9.17, 15) is 4.39 Å². The van der Waals surface area contributed by atoms with Gasteiger partial charge in [0.05, 0.1) is 15.8 Å². The van der Waals surface area contributed by atoms with E-state index in [1.54, 1.807) is 23.9 Å². The summed E-state index contributed by atoms with van der Waals surface area (Å²) in [6.45, 7) is 0. The second-order valence-corrected chi connectivity index (χ2v) is 4.28. The predicted molar refractivity (Wildman–Crippen MR) is 55.6 cm³/mol. The van der Waals surface area contributed by atoms with Gasteiger partial charge in [0.15, 0.2) is 0 Å². The van der Waals surface area contributed by atoms with Crippen LogP contribution in [0.1, 0.15) is 6.42 Å². The highest BCUT2D eigenvalue weighted by atomic mass is 35.5. The van der Waals surface area contributed by atoms with Crippen LogP contribution in [0.2, 0.25) is 5.02 Å². The standard InChI is InChI=1S/C9H7ClFNS/c10-7-5-6(1-2-8(7)11)12-9-3-4-13-9/h1-2,5H,3-4H2. The highest BCUT2D eigenvalue weighted by molar-refractivity contribution is 8.15. The van der Waals surface area contributed by atoms with E-state index in [4.69, 9.17) is 11.6 Å². The van der Waals surface area contributed by atoms with Crippen LogP contribution in [-0.4, -0.2) is 10.8 Å². The first kappa shape index (κ1) is 9.03. The molecule has 0 atom stereocenters. The van der Waals surface area contributed by atoms with Crippen molar-refractivity contribution in [1.82, 2.24) is 0 Å². The predicted octanol–water partition coefficient (Wildman–Crippen LogP) is 3.65. The van der Waals surface area contributed by atoms with Crippen LogP contribution >= 0.6 is 23.4 Å². The van der Waals surface area contributed by atoms with Gasteiger partial charge in [-0.15, -0.1) is 11.8 Å². The summed E-state index contributed by atoms with van der Waals surface area (Å²) in [4.78, 5) is 4.29. The van der Waals surface area contributed by atoms with E-state index in [1.807, 2.05) is 0 Å². The lowest BCUT2D eigenvalue weighted by atomic mass is 10.3. The monoisotopic (exact) mass is 215 g/mol. The van der Waals surface area contributed by atoms with Gasteiger partial charge >= 0.3 is 0 Å². The third-order valence-electron chi connectivity index (χ3n) is 1.74. The molecule has 0 amide bonds. The van der Waals surface area contributed by atoms with Gasteiger partial charge in [-0.2, -0.15) is 0 Å². The molecule has 0 saturated carbocycles. The number of nitrogens with zero attached hydrogens (tertiary/aromatic N) is 1. The zero-order chi connectivity index (χ0) is 9.26. The Labute approximate surface area is 85.0 Å². The zero-order valence-corrected chi connectivity index (χ0v) is 8.33. The topological polar surface area (TPSA) is 12.4 Å². The van der Waals surface area contributed by atoms with E-state index in [1.165, 1.54) is 6.07 Å². The molecule has 1 aromatic rings. The molecule has 1 heterocycles. The maximum Gasteiger partial charge on any atom is 0.141 e. The average Bonchev–Trinajstić information content (AvgIpc) is 2.04. The molecule has 13 heavy (non-hydrogen) atoms. The Bertz CT molecular complexity index is 359. The molecule has 1 aliphatic rings. The molecule has 0 spiro atoms. The maximum atomic E-state index is 12.7. The molecule has 1 aromatic carbocycles. The molecule has 0 aliphatic carbocycles. The number of thioether (sulfide) groups is 1. The normalized spacial score (nSPS) is 18.8. The lowest BCUT2D eigenvalue weighted by Crippen LogP contribution is -2.06. The fourth-order valence-electron chi connectivity index (χ4n) is 0.980. The Morgan fingerprint density at radius 2 is 2.23 bits per heavy atom. The lowest BCUT2D eigenvalue weighted by molar-refractivity contribution is 0.628. The summed E-state index contributed by atoms with van der Waals surface area (Å²) in [6, 6.07) is 4.51. The molecule has 0 unspecified atom stereocenters. The highest BCUT2D eigenvalue weighted by Gasteiger charge is 2.11. The number of rotatable bonds is 1. The summed E-state index contributed by atoms with van der Waals surface area (Å²) in [5.74, 6) is 0.736. The molecule has 1 fully saturated rings. The first-order valence-electron chi connectivity index (χ1n) is 3.91. The van der Waals surface area contributed by atoms with Crippen LogP contribution in [-0.2, 0) is 0 Å². The van der Waals surface area contributed by atoms with Gasteiger partial charge in [0.2, 0.25) is 0 Å². The van der Waals surface area contributed by atoms with Crippen LogP contribution in [0.25, 0.3) is 0 Å². The molecule has 68 valence electrons. The molecule has 1 nitrogen and oxygen atoms in total. The maximum absolute atomic E-state index is 12.7. The smallest absolute Gasteiger partial charge is 0.141 e. The molecular formula is C9H7ClFNS. The first-order valence-corrected chi connectivity index (χ1v) is 5.27. The van der Waals surface area contributed by atoms with Gasteiger partial charge in [0, 0.05) is 12.2 Å². The third kappa shape index (κ3) is 2.03. The summed E-state index contributed by atoms with van der Waals surface area (Å²) in [5.41, 5.74) is 0.730. The van der Waals surface area contributed by atoms with Gasteiger partial charge < -0.3 is 0 Å². The van der Waals surface area contributed by atoms with Crippen molar-refractivity contribution in [3.63, 3.8) is 0 Å². The summed E-state index contributed by atoms with van der Waals surface area (Å²) >= 11 is 7.33. The van der Waals surface area contributed by atoms with Crippen LogP contribution in [0, 0.1) is 5.82 Å². The molecule has 0 N–H and O–H groups in total. The fraction of sp³-hybridized carbons (Fsp3) is 0.222. The van der Waals surface area contributed by atoms with Crippen molar-refractivity contribution in [1.29, 1.82) is 0 Å². The van der Waals surface area contributed by atoms with E-state index in [0.717, 1.165) is 22.9 Å². The van der Waals surface area contributed by atoms with Crippen molar-refractivity contribution < 1.29 is 4.39 Å². The Morgan fingerprint density at radius 3 is 2.77 bits per heavy atom. The van der Waals surface area contributed by atoms with Crippen LogP contribution < -0.4 is 0 Å². The van der Waals surface area contributed by atoms with Gasteiger partial charge in [-0.05, 0) is 18.2 Å². The van der Waals surface area contributed by atoms with Crippen molar-refractivity contribution in [2.24, 2.45) is 4.99 Å².